The Morgan fingerprint density at radius 1 is 1.19 bits per heavy atom. The number of fused-ring (bicyclic) bond motifs is 1. The van der Waals surface area contributed by atoms with Gasteiger partial charge in [-0.1, -0.05) is 0 Å². The topological polar surface area (TPSA) is 111 Å². The molecule has 2 aromatic heterocycles. The van der Waals surface area contributed by atoms with E-state index in [1.807, 2.05) is 11.9 Å². The van der Waals surface area contributed by atoms with Crippen molar-refractivity contribution in [1.82, 2.24) is 14.9 Å². The average molecular weight is 463 g/mol. The molecule has 0 atom stereocenters. The molecule has 3 aromatic rings. The van der Waals surface area contributed by atoms with Crippen LogP contribution in [0.5, 0.6) is 5.75 Å². The summed E-state index contributed by atoms with van der Waals surface area (Å²) in [7, 11) is 4.28. The number of methoxy groups -OCH3 is 2. The quantitative estimate of drug-likeness (QED) is 0.481. The number of hydrogen-bond donors (Lipinski definition) is 1. The van der Waals surface area contributed by atoms with Gasteiger partial charge in [0.15, 0.2) is 0 Å². The van der Waals surface area contributed by atoms with Gasteiger partial charge in [0.1, 0.15) is 33.7 Å². The first-order valence-corrected chi connectivity index (χ1v) is 10.4. The van der Waals surface area contributed by atoms with E-state index in [9.17, 15) is 18.8 Å². The van der Waals surface area contributed by atoms with Gasteiger partial charge in [0.25, 0.3) is 5.56 Å². The number of ether oxygens (including phenoxy) is 3. The number of benzene rings is 1. The van der Waals surface area contributed by atoms with Crippen LogP contribution < -0.4 is 10.3 Å². The maximum absolute atomic E-state index is 12.9. The predicted octanol–water partition coefficient (Wildman–Crippen LogP) is 2.14. The Kier molecular flexibility index (Phi) is 7.54. The zero-order chi connectivity index (χ0) is 23.3. The monoisotopic (exact) mass is 463 g/mol. The van der Waals surface area contributed by atoms with Crippen molar-refractivity contribution in [2.75, 3.05) is 34.4 Å². The normalized spacial score (nSPS) is 11.0. The number of carbonyl (C=O) groups excluding carboxylic acids is 2. The summed E-state index contributed by atoms with van der Waals surface area (Å²) in [4.78, 5) is 46.2. The number of rotatable bonds is 9. The van der Waals surface area contributed by atoms with Crippen molar-refractivity contribution in [2.24, 2.45) is 0 Å². The highest BCUT2D eigenvalue weighted by atomic mass is 32.1. The molecule has 9 nitrogen and oxygen atoms in total. The molecule has 32 heavy (non-hydrogen) atoms. The molecule has 0 amide bonds. The molecule has 0 bridgehead atoms. The fourth-order valence-corrected chi connectivity index (χ4v) is 4.14. The molecule has 0 spiro atoms. The number of aromatic nitrogens is 2. The van der Waals surface area contributed by atoms with Gasteiger partial charge in [0.2, 0.25) is 0 Å². The second kappa shape index (κ2) is 10.3. The first-order valence-electron chi connectivity index (χ1n) is 9.59. The SMILES string of the molecule is COC(=O)Cc1c(C(=O)OC)sc2nc(CN(C)CCOc3ccc(F)cc3)[nH]c(=O)c12. The smallest absolute Gasteiger partial charge is 0.348 e. The second-order valence-electron chi connectivity index (χ2n) is 6.89. The third-order valence-electron chi connectivity index (χ3n) is 4.60. The van der Waals surface area contributed by atoms with Crippen LogP contribution in [0.1, 0.15) is 21.1 Å². The van der Waals surface area contributed by atoms with Gasteiger partial charge in [-0.25, -0.2) is 14.2 Å². The lowest BCUT2D eigenvalue weighted by Crippen LogP contribution is -2.26. The third-order valence-corrected chi connectivity index (χ3v) is 5.71. The Balaban J connectivity index is 1.76. The molecule has 1 N–H and O–H groups in total. The number of esters is 2. The van der Waals surface area contributed by atoms with E-state index < -0.39 is 17.5 Å². The molecular weight excluding hydrogens is 441 g/mol. The number of nitrogens with zero attached hydrogens (tertiary/aromatic N) is 2. The van der Waals surface area contributed by atoms with Crippen LogP contribution in [0.4, 0.5) is 4.39 Å². The third kappa shape index (κ3) is 5.48. The van der Waals surface area contributed by atoms with E-state index in [2.05, 4.69) is 14.7 Å². The van der Waals surface area contributed by atoms with E-state index in [0.717, 1.165) is 11.3 Å². The van der Waals surface area contributed by atoms with Gasteiger partial charge in [-0.3, -0.25) is 14.5 Å². The van der Waals surface area contributed by atoms with Crippen LogP contribution >= 0.6 is 11.3 Å². The summed E-state index contributed by atoms with van der Waals surface area (Å²) in [6.45, 7) is 1.18. The average Bonchev–Trinajstić information content (AvgIpc) is 3.13. The molecule has 3 rings (SSSR count). The number of aromatic amines is 1. The Morgan fingerprint density at radius 2 is 1.91 bits per heavy atom. The van der Waals surface area contributed by atoms with Crippen LogP contribution in [0.2, 0.25) is 0 Å². The summed E-state index contributed by atoms with van der Waals surface area (Å²) >= 11 is 0.993. The highest BCUT2D eigenvalue weighted by Crippen LogP contribution is 2.29. The highest BCUT2D eigenvalue weighted by molar-refractivity contribution is 7.20. The highest BCUT2D eigenvalue weighted by Gasteiger charge is 2.24. The minimum absolute atomic E-state index is 0.143. The van der Waals surface area contributed by atoms with E-state index in [0.29, 0.717) is 36.1 Å². The van der Waals surface area contributed by atoms with E-state index in [1.165, 1.54) is 26.4 Å². The van der Waals surface area contributed by atoms with Crippen LogP contribution in [0.3, 0.4) is 0 Å². The number of carbonyl (C=O) groups is 2. The fraction of sp³-hybridized carbons (Fsp3) is 0.333. The summed E-state index contributed by atoms with van der Waals surface area (Å²) in [6.07, 6.45) is -0.244. The van der Waals surface area contributed by atoms with Crippen molar-refractivity contribution in [2.45, 2.75) is 13.0 Å². The second-order valence-corrected chi connectivity index (χ2v) is 7.89. The Hall–Kier alpha value is -3.31. The summed E-state index contributed by atoms with van der Waals surface area (Å²) in [6, 6.07) is 5.73. The molecule has 0 radical (unpaired) electrons. The Morgan fingerprint density at radius 3 is 2.56 bits per heavy atom. The largest absolute Gasteiger partial charge is 0.492 e. The first-order chi connectivity index (χ1) is 15.3. The van der Waals surface area contributed by atoms with E-state index >= 15 is 0 Å². The molecule has 0 aliphatic rings. The zero-order valence-corrected chi connectivity index (χ0v) is 18.6. The molecule has 0 aliphatic heterocycles. The van der Waals surface area contributed by atoms with Gasteiger partial charge in [-0.15, -0.1) is 11.3 Å². The van der Waals surface area contributed by atoms with Crippen molar-refractivity contribution in [3.8, 4) is 5.75 Å². The van der Waals surface area contributed by atoms with Gasteiger partial charge in [0.05, 0.1) is 32.6 Å². The minimum Gasteiger partial charge on any atom is -0.492 e. The Labute approximate surface area is 186 Å². The van der Waals surface area contributed by atoms with Gasteiger partial charge >= 0.3 is 11.9 Å². The number of nitrogens with one attached hydrogen (secondary N) is 1. The van der Waals surface area contributed by atoms with E-state index in [-0.39, 0.29) is 28.1 Å². The summed E-state index contributed by atoms with van der Waals surface area (Å²) in [5.74, 6) is -0.616. The lowest BCUT2D eigenvalue weighted by atomic mass is 10.1. The maximum atomic E-state index is 12.9. The van der Waals surface area contributed by atoms with E-state index in [4.69, 9.17) is 9.47 Å². The molecule has 0 aliphatic carbocycles. The maximum Gasteiger partial charge on any atom is 0.348 e. The standard InChI is InChI=1S/C21H22FN3O6S/c1-25(8-9-31-13-6-4-12(22)5-7-13)11-15-23-19(27)17-14(10-16(26)29-2)18(21(28)30-3)32-20(17)24-15/h4-7H,8-11H2,1-3H3,(H,23,24,27). The van der Waals surface area contributed by atoms with Crippen LogP contribution in [0, 0.1) is 5.82 Å². The molecule has 0 saturated heterocycles. The van der Waals surface area contributed by atoms with Gasteiger partial charge in [-0.2, -0.15) is 0 Å². The van der Waals surface area contributed by atoms with Crippen molar-refractivity contribution in [1.29, 1.82) is 0 Å². The Bertz CT molecular complexity index is 1170. The van der Waals surface area contributed by atoms with Crippen molar-refractivity contribution in [3.05, 3.63) is 56.7 Å². The number of thiophene rings is 1. The number of hydrogen-bond acceptors (Lipinski definition) is 9. The van der Waals surface area contributed by atoms with Crippen molar-refractivity contribution < 1.29 is 28.2 Å². The minimum atomic E-state index is -0.650. The first kappa shape index (κ1) is 23.4. The molecule has 2 heterocycles. The molecule has 0 fully saturated rings. The summed E-state index contributed by atoms with van der Waals surface area (Å²) < 4.78 is 28.0. The van der Waals surface area contributed by atoms with Crippen molar-refractivity contribution in [3.63, 3.8) is 0 Å². The summed E-state index contributed by atoms with van der Waals surface area (Å²) in [5, 5.41) is 0.173. The molecular formula is C21H22FN3O6S. The van der Waals surface area contributed by atoms with E-state index in [1.54, 1.807) is 12.1 Å². The van der Waals surface area contributed by atoms with Gasteiger partial charge in [-0.05, 0) is 31.3 Å². The molecule has 170 valence electrons. The lowest BCUT2D eigenvalue weighted by molar-refractivity contribution is -0.139. The summed E-state index contributed by atoms with van der Waals surface area (Å²) in [5.41, 5.74) is -0.212. The molecule has 11 heteroatoms. The molecule has 1 aromatic carbocycles. The van der Waals surface area contributed by atoms with Gasteiger partial charge < -0.3 is 19.2 Å². The van der Waals surface area contributed by atoms with Crippen LogP contribution in [0.25, 0.3) is 10.2 Å². The van der Waals surface area contributed by atoms with Crippen LogP contribution in [-0.2, 0) is 27.2 Å². The zero-order valence-electron chi connectivity index (χ0n) is 17.8. The van der Waals surface area contributed by atoms with Crippen LogP contribution in [0.15, 0.2) is 29.1 Å². The van der Waals surface area contributed by atoms with Gasteiger partial charge in [0, 0.05) is 12.1 Å². The molecule has 0 saturated carbocycles. The predicted molar refractivity (Wildman–Crippen MR) is 116 cm³/mol. The lowest BCUT2D eigenvalue weighted by Gasteiger charge is -2.16. The van der Waals surface area contributed by atoms with Crippen LogP contribution in [-0.4, -0.2) is 61.2 Å². The van der Waals surface area contributed by atoms with Crippen molar-refractivity contribution >= 4 is 33.5 Å². The number of likely N-dealkylation sites (N-methyl/N-ethyl adjacent to an activating group) is 1. The fourth-order valence-electron chi connectivity index (χ4n) is 3.01. The number of halogens is 1. The number of H-pyrrole nitrogens is 1. The molecule has 0 unspecified atom stereocenters.